The first kappa shape index (κ1) is 24.9. The average Bonchev–Trinajstić information content (AvgIpc) is 2.62. The summed E-state index contributed by atoms with van der Waals surface area (Å²) in [5, 5.41) is 11.4. The molecule has 1 rings (SSSR count). The first-order chi connectivity index (χ1) is 12.5. The number of hydrogen-bond donors (Lipinski definition) is 3. The molecule has 162 valence electrons. The Morgan fingerprint density at radius 2 is 1.00 bits per heavy atom. The third kappa shape index (κ3) is 8.83. The largest absolute Gasteiger partial charge is 0.316 e. The molecule has 0 aromatic carbocycles. The second kappa shape index (κ2) is 10.6. The van der Waals surface area contributed by atoms with E-state index in [1.165, 1.54) is 38.5 Å². The Balaban J connectivity index is 2.87. The van der Waals surface area contributed by atoms with Gasteiger partial charge in [0.1, 0.15) is 0 Å². The third-order valence-corrected chi connectivity index (χ3v) is 7.56. The fraction of sp³-hybridized carbons (Fsp3) is 1.00. The Hall–Kier alpha value is -0.120. The fourth-order valence-corrected chi connectivity index (χ4v) is 4.43. The Bertz CT molecular complexity index is 422. The molecule has 1 heterocycles. The molecule has 3 unspecified atom stereocenters. The van der Waals surface area contributed by atoms with Crippen molar-refractivity contribution in [3.8, 4) is 0 Å². The standard InChI is InChI=1S/C24H51N3/c1-9-22(6)13-15-26-20-24(8,11-3)16-23(7,10-2)19-25-14-12-21(4,5)17-27-18-22/h25-27H,9-20H2,1-8H3. The molecule has 0 spiro atoms. The molecule has 0 aliphatic carbocycles. The molecule has 3 atom stereocenters. The van der Waals surface area contributed by atoms with Gasteiger partial charge in [0.25, 0.3) is 0 Å². The van der Waals surface area contributed by atoms with Crippen molar-refractivity contribution in [2.45, 2.75) is 93.9 Å². The first-order valence-corrected chi connectivity index (χ1v) is 11.6. The molecule has 0 amide bonds. The van der Waals surface area contributed by atoms with Crippen molar-refractivity contribution in [3.63, 3.8) is 0 Å². The van der Waals surface area contributed by atoms with Crippen LogP contribution in [0.2, 0.25) is 0 Å². The topological polar surface area (TPSA) is 36.1 Å². The smallest absolute Gasteiger partial charge is 0.000576 e. The first-order valence-electron chi connectivity index (χ1n) is 11.6. The van der Waals surface area contributed by atoms with Crippen LogP contribution in [0.25, 0.3) is 0 Å². The van der Waals surface area contributed by atoms with Crippen molar-refractivity contribution < 1.29 is 0 Å². The molecule has 1 fully saturated rings. The zero-order valence-corrected chi connectivity index (χ0v) is 20.0. The second-order valence-corrected chi connectivity index (χ2v) is 11.3. The van der Waals surface area contributed by atoms with Crippen molar-refractivity contribution in [2.75, 3.05) is 39.3 Å². The van der Waals surface area contributed by atoms with Crippen LogP contribution in [0.4, 0.5) is 0 Å². The molecular weight excluding hydrogens is 330 g/mol. The molecule has 0 aromatic rings. The number of hydrogen-bond acceptors (Lipinski definition) is 3. The van der Waals surface area contributed by atoms with Gasteiger partial charge in [0, 0.05) is 26.2 Å². The highest BCUT2D eigenvalue weighted by molar-refractivity contribution is 4.88. The summed E-state index contributed by atoms with van der Waals surface area (Å²) in [6.45, 7) is 26.1. The predicted molar refractivity (Wildman–Crippen MR) is 121 cm³/mol. The summed E-state index contributed by atoms with van der Waals surface area (Å²) >= 11 is 0. The maximum absolute atomic E-state index is 3.83. The van der Waals surface area contributed by atoms with E-state index < -0.39 is 0 Å². The van der Waals surface area contributed by atoms with Gasteiger partial charge in [-0.3, -0.25) is 0 Å². The van der Waals surface area contributed by atoms with Gasteiger partial charge in [0.15, 0.2) is 0 Å². The Kier molecular flexibility index (Phi) is 9.78. The van der Waals surface area contributed by atoms with Gasteiger partial charge < -0.3 is 16.0 Å². The summed E-state index contributed by atoms with van der Waals surface area (Å²) in [4.78, 5) is 0. The highest BCUT2D eigenvalue weighted by atomic mass is 14.9. The molecule has 0 bridgehead atoms. The van der Waals surface area contributed by atoms with Gasteiger partial charge in [-0.05, 0) is 73.3 Å². The van der Waals surface area contributed by atoms with Gasteiger partial charge in [-0.2, -0.15) is 0 Å². The van der Waals surface area contributed by atoms with E-state index in [0.29, 0.717) is 21.7 Å². The minimum atomic E-state index is 0.345. The van der Waals surface area contributed by atoms with Gasteiger partial charge in [-0.1, -0.05) is 55.4 Å². The summed E-state index contributed by atoms with van der Waals surface area (Å²) in [7, 11) is 0. The van der Waals surface area contributed by atoms with Gasteiger partial charge >= 0.3 is 0 Å². The van der Waals surface area contributed by atoms with Crippen LogP contribution in [-0.2, 0) is 0 Å². The van der Waals surface area contributed by atoms with E-state index in [1.807, 2.05) is 0 Å². The van der Waals surface area contributed by atoms with Crippen LogP contribution in [0.1, 0.15) is 93.9 Å². The van der Waals surface area contributed by atoms with E-state index >= 15 is 0 Å². The Morgan fingerprint density at radius 1 is 0.556 bits per heavy atom. The summed E-state index contributed by atoms with van der Waals surface area (Å²) in [6.07, 6.45) is 7.51. The molecule has 1 saturated heterocycles. The van der Waals surface area contributed by atoms with E-state index in [-0.39, 0.29) is 0 Å². The van der Waals surface area contributed by atoms with Crippen molar-refractivity contribution in [1.82, 2.24) is 16.0 Å². The molecule has 27 heavy (non-hydrogen) atoms. The molecule has 3 N–H and O–H groups in total. The molecule has 0 radical (unpaired) electrons. The summed E-state index contributed by atoms with van der Waals surface area (Å²) in [5.74, 6) is 0. The highest BCUT2D eigenvalue weighted by Gasteiger charge is 2.33. The monoisotopic (exact) mass is 381 g/mol. The number of nitrogens with one attached hydrogen (secondary N) is 3. The van der Waals surface area contributed by atoms with Gasteiger partial charge in [-0.15, -0.1) is 0 Å². The van der Waals surface area contributed by atoms with Crippen LogP contribution >= 0.6 is 0 Å². The van der Waals surface area contributed by atoms with E-state index in [0.717, 1.165) is 39.3 Å². The van der Waals surface area contributed by atoms with Gasteiger partial charge in [0.2, 0.25) is 0 Å². The van der Waals surface area contributed by atoms with E-state index in [2.05, 4.69) is 71.3 Å². The minimum absolute atomic E-state index is 0.345. The zero-order chi connectivity index (χ0) is 20.6. The van der Waals surface area contributed by atoms with Gasteiger partial charge in [0.05, 0.1) is 0 Å². The highest BCUT2D eigenvalue weighted by Crippen LogP contribution is 2.38. The molecule has 1 aliphatic heterocycles. The van der Waals surface area contributed by atoms with Crippen LogP contribution in [0.3, 0.4) is 0 Å². The maximum Gasteiger partial charge on any atom is 0.000576 e. The Morgan fingerprint density at radius 3 is 1.48 bits per heavy atom. The van der Waals surface area contributed by atoms with E-state index in [9.17, 15) is 0 Å². The van der Waals surface area contributed by atoms with E-state index in [4.69, 9.17) is 0 Å². The van der Waals surface area contributed by atoms with Crippen LogP contribution in [0.15, 0.2) is 0 Å². The molecule has 1 aliphatic rings. The van der Waals surface area contributed by atoms with Crippen LogP contribution < -0.4 is 16.0 Å². The quantitative estimate of drug-likeness (QED) is 0.627. The zero-order valence-electron chi connectivity index (χ0n) is 20.0. The molecule has 3 heteroatoms. The minimum Gasteiger partial charge on any atom is -0.316 e. The van der Waals surface area contributed by atoms with Crippen molar-refractivity contribution >= 4 is 0 Å². The third-order valence-electron chi connectivity index (χ3n) is 7.56. The summed E-state index contributed by atoms with van der Waals surface area (Å²) < 4.78 is 0. The van der Waals surface area contributed by atoms with Crippen LogP contribution in [0, 0.1) is 21.7 Å². The van der Waals surface area contributed by atoms with Crippen LogP contribution in [0.5, 0.6) is 0 Å². The van der Waals surface area contributed by atoms with Gasteiger partial charge in [-0.25, -0.2) is 0 Å². The lowest BCUT2D eigenvalue weighted by Crippen LogP contribution is -2.44. The van der Waals surface area contributed by atoms with Crippen molar-refractivity contribution in [2.24, 2.45) is 21.7 Å². The maximum atomic E-state index is 3.83. The van der Waals surface area contributed by atoms with E-state index in [1.54, 1.807) is 0 Å². The summed E-state index contributed by atoms with van der Waals surface area (Å²) in [5.41, 5.74) is 1.49. The fourth-order valence-electron chi connectivity index (χ4n) is 4.43. The van der Waals surface area contributed by atoms with Crippen molar-refractivity contribution in [3.05, 3.63) is 0 Å². The lowest BCUT2D eigenvalue weighted by molar-refractivity contribution is 0.136. The Labute approximate surface area is 171 Å². The lowest BCUT2D eigenvalue weighted by Gasteiger charge is -2.40. The molecule has 0 aromatic heterocycles. The molecule has 3 nitrogen and oxygen atoms in total. The molecule has 0 saturated carbocycles. The van der Waals surface area contributed by atoms with Crippen molar-refractivity contribution in [1.29, 1.82) is 0 Å². The normalized spacial score (nSPS) is 37.8. The second-order valence-electron chi connectivity index (χ2n) is 11.3. The van der Waals surface area contributed by atoms with Crippen LogP contribution in [-0.4, -0.2) is 39.3 Å². The SMILES string of the molecule is CCC1(C)CCNCC(C)(CC)CC(C)(CC)CNCCC(C)(C)CNC1. The number of rotatable bonds is 3. The predicted octanol–water partition coefficient (Wildman–Crippen LogP) is 5.21. The summed E-state index contributed by atoms with van der Waals surface area (Å²) in [6, 6.07) is 0. The lowest BCUT2D eigenvalue weighted by atomic mass is 9.70. The molecular formula is C24H51N3. The average molecular weight is 382 g/mol.